The van der Waals surface area contributed by atoms with E-state index in [4.69, 9.17) is 5.11 Å². The molecular weight excluding hydrogens is 278 g/mol. The van der Waals surface area contributed by atoms with Crippen molar-refractivity contribution >= 4 is 29.5 Å². The summed E-state index contributed by atoms with van der Waals surface area (Å²) in [5, 5.41) is 17.4. The molecule has 0 aliphatic carbocycles. The van der Waals surface area contributed by atoms with Crippen LogP contribution in [-0.2, 0) is 5.75 Å². The number of hydrogen-bond acceptors (Lipinski definition) is 4. The van der Waals surface area contributed by atoms with Gasteiger partial charge in [0.1, 0.15) is 5.69 Å². The molecule has 0 radical (unpaired) electrons. The first-order chi connectivity index (χ1) is 9.60. The van der Waals surface area contributed by atoms with Crippen LogP contribution in [0.3, 0.4) is 0 Å². The number of benzene rings is 1. The van der Waals surface area contributed by atoms with Crippen molar-refractivity contribution in [2.75, 3.05) is 11.6 Å². The molecule has 1 amide bonds. The fraction of sp³-hybridized carbons (Fsp3) is 0.154. The number of carbonyl (C=O) groups excluding carboxylic acids is 1. The van der Waals surface area contributed by atoms with Crippen molar-refractivity contribution in [2.24, 2.45) is 0 Å². The highest BCUT2D eigenvalue weighted by Gasteiger charge is 2.11. The topological polar surface area (TPSA) is 95.1 Å². The second-order valence-electron chi connectivity index (χ2n) is 4.06. The minimum Gasteiger partial charge on any atom is -0.477 e. The smallest absolute Gasteiger partial charge is 0.353 e. The van der Waals surface area contributed by atoms with Gasteiger partial charge in [-0.05, 0) is 24.0 Å². The zero-order chi connectivity index (χ0) is 14.5. The van der Waals surface area contributed by atoms with E-state index in [1.54, 1.807) is 23.9 Å². The van der Waals surface area contributed by atoms with Gasteiger partial charge in [0.2, 0.25) is 0 Å². The highest BCUT2D eigenvalue weighted by molar-refractivity contribution is 7.97. The number of aromatic carboxylic acids is 1. The molecule has 0 saturated carbocycles. The average Bonchev–Trinajstić information content (AvgIpc) is 2.88. The first kappa shape index (κ1) is 14.1. The molecular formula is C13H13N3O3S. The van der Waals surface area contributed by atoms with E-state index in [1.165, 1.54) is 6.07 Å². The molecule has 3 N–H and O–H groups in total. The summed E-state index contributed by atoms with van der Waals surface area (Å²) in [5.74, 6) is -0.439. The molecule has 1 aromatic carbocycles. The molecule has 0 bridgehead atoms. The number of carbonyl (C=O) groups is 2. The summed E-state index contributed by atoms with van der Waals surface area (Å²) in [5.41, 5.74) is 1.49. The highest BCUT2D eigenvalue weighted by Crippen LogP contribution is 2.13. The van der Waals surface area contributed by atoms with Crippen LogP contribution in [0.1, 0.15) is 26.4 Å². The Hall–Kier alpha value is -2.28. The zero-order valence-electron chi connectivity index (χ0n) is 10.7. The second kappa shape index (κ2) is 6.25. The maximum atomic E-state index is 12.0. The standard InChI is InChI=1S/C13H13N3O3S/c1-20-7-8-3-2-4-9(5-8)12(17)14-11-6-10(13(18)19)15-16-11/h2-6H,7H2,1H3,(H,18,19)(H2,14,15,16,17). The summed E-state index contributed by atoms with van der Waals surface area (Å²) in [6.07, 6.45) is 1.99. The Balaban J connectivity index is 2.10. The molecule has 0 aliphatic rings. The minimum atomic E-state index is -1.13. The molecule has 20 heavy (non-hydrogen) atoms. The van der Waals surface area contributed by atoms with Crippen molar-refractivity contribution < 1.29 is 14.7 Å². The monoisotopic (exact) mass is 291 g/mol. The van der Waals surface area contributed by atoms with Crippen LogP contribution in [0.2, 0.25) is 0 Å². The van der Waals surface area contributed by atoms with Gasteiger partial charge in [0.25, 0.3) is 5.91 Å². The van der Waals surface area contributed by atoms with E-state index >= 15 is 0 Å². The van der Waals surface area contributed by atoms with E-state index in [1.807, 2.05) is 18.4 Å². The lowest BCUT2D eigenvalue weighted by molar-refractivity contribution is 0.0690. The highest BCUT2D eigenvalue weighted by atomic mass is 32.2. The maximum Gasteiger partial charge on any atom is 0.353 e. The Morgan fingerprint density at radius 1 is 1.40 bits per heavy atom. The van der Waals surface area contributed by atoms with Gasteiger partial charge in [0.15, 0.2) is 5.82 Å². The normalized spacial score (nSPS) is 10.2. The SMILES string of the molecule is CSCc1cccc(C(=O)Nc2cc(C(=O)O)[nH]n2)c1. The number of amides is 1. The lowest BCUT2D eigenvalue weighted by Crippen LogP contribution is -2.12. The molecule has 0 saturated heterocycles. The molecule has 0 spiro atoms. The lowest BCUT2D eigenvalue weighted by atomic mass is 10.1. The Bertz CT molecular complexity index is 639. The van der Waals surface area contributed by atoms with Crippen molar-refractivity contribution in [3.05, 3.63) is 47.2 Å². The number of nitrogens with one attached hydrogen (secondary N) is 2. The van der Waals surface area contributed by atoms with E-state index in [2.05, 4.69) is 15.5 Å². The zero-order valence-corrected chi connectivity index (χ0v) is 11.5. The third-order valence-electron chi connectivity index (χ3n) is 2.55. The van der Waals surface area contributed by atoms with E-state index in [9.17, 15) is 9.59 Å². The number of carboxylic acids is 1. The van der Waals surface area contributed by atoms with Crippen molar-refractivity contribution in [1.82, 2.24) is 10.2 Å². The summed E-state index contributed by atoms with van der Waals surface area (Å²) in [6, 6.07) is 8.53. The quantitative estimate of drug-likeness (QED) is 0.785. The number of anilines is 1. The van der Waals surface area contributed by atoms with E-state index < -0.39 is 5.97 Å². The molecule has 0 atom stereocenters. The lowest BCUT2D eigenvalue weighted by Gasteiger charge is -2.04. The van der Waals surface area contributed by atoms with Crippen LogP contribution in [-0.4, -0.2) is 33.4 Å². The van der Waals surface area contributed by atoms with Crippen molar-refractivity contribution in [1.29, 1.82) is 0 Å². The minimum absolute atomic E-state index is 0.0727. The molecule has 7 heteroatoms. The summed E-state index contributed by atoms with van der Waals surface area (Å²) in [7, 11) is 0. The molecule has 104 valence electrons. The summed E-state index contributed by atoms with van der Waals surface area (Å²) >= 11 is 1.67. The number of aromatic amines is 1. The van der Waals surface area contributed by atoms with Gasteiger partial charge < -0.3 is 10.4 Å². The summed E-state index contributed by atoms with van der Waals surface area (Å²) < 4.78 is 0. The fourth-order valence-electron chi connectivity index (χ4n) is 1.65. The van der Waals surface area contributed by atoms with Gasteiger partial charge in [0.05, 0.1) is 0 Å². The molecule has 0 fully saturated rings. The first-order valence-electron chi connectivity index (χ1n) is 5.78. The fourth-order valence-corrected chi connectivity index (χ4v) is 2.17. The third-order valence-corrected chi connectivity index (χ3v) is 3.17. The van der Waals surface area contributed by atoms with Crippen molar-refractivity contribution in [3.63, 3.8) is 0 Å². The van der Waals surface area contributed by atoms with Crippen LogP contribution in [0, 0.1) is 0 Å². The largest absolute Gasteiger partial charge is 0.477 e. The van der Waals surface area contributed by atoms with Gasteiger partial charge in [-0.1, -0.05) is 12.1 Å². The Kier molecular flexibility index (Phi) is 4.41. The van der Waals surface area contributed by atoms with Crippen LogP contribution in [0.15, 0.2) is 30.3 Å². The number of thioether (sulfide) groups is 1. The Labute approximate surface area is 119 Å². The number of nitrogens with zero attached hydrogens (tertiary/aromatic N) is 1. The molecule has 1 aromatic heterocycles. The predicted octanol–water partition coefficient (Wildman–Crippen LogP) is 2.22. The molecule has 6 nitrogen and oxygen atoms in total. The van der Waals surface area contributed by atoms with Gasteiger partial charge in [-0.15, -0.1) is 0 Å². The second-order valence-corrected chi connectivity index (χ2v) is 4.93. The number of carboxylic acid groups (broad SMARTS) is 1. The number of aromatic nitrogens is 2. The molecule has 0 unspecified atom stereocenters. The molecule has 2 aromatic rings. The van der Waals surface area contributed by atoms with Gasteiger partial charge in [-0.25, -0.2) is 4.79 Å². The van der Waals surface area contributed by atoms with Crippen molar-refractivity contribution in [3.8, 4) is 0 Å². The van der Waals surface area contributed by atoms with Crippen LogP contribution >= 0.6 is 11.8 Å². The van der Waals surface area contributed by atoms with Gasteiger partial charge >= 0.3 is 5.97 Å². The Morgan fingerprint density at radius 2 is 2.20 bits per heavy atom. The number of H-pyrrole nitrogens is 1. The van der Waals surface area contributed by atoms with Crippen LogP contribution in [0.4, 0.5) is 5.82 Å². The predicted molar refractivity (Wildman–Crippen MR) is 77.2 cm³/mol. The maximum absolute atomic E-state index is 12.0. The van der Waals surface area contributed by atoms with Gasteiger partial charge in [-0.3, -0.25) is 9.89 Å². The van der Waals surface area contributed by atoms with Crippen LogP contribution < -0.4 is 5.32 Å². The first-order valence-corrected chi connectivity index (χ1v) is 7.17. The van der Waals surface area contributed by atoms with Gasteiger partial charge in [-0.2, -0.15) is 16.9 Å². The number of rotatable bonds is 5. The molecule has 1 heterocycles. The van der Waals surface area contributed by atoms with E-state index in [0.717, 1.165) is 11.3 Å². The van der Waals surface area contributed by atoms with Gasteiger partial charge in [0, 0.05) is 17.4 Å². The number of hydrogen-bond donors (Lipinski definition) is 3. The summed E-state index contributed by atoms with van der Waals surface area (Å²) in [6.45, 7) is 0. The molecule has 0 aliphatic heterocycles. The van der Waals surface area contributed by atoms with E-state index in [-0.39, 0.29) is 17.4 Å². The van der Waals surface area contributed by atoms with Crippen LogP contribution in [0.5, 0.6) is 0 Å². The van der Waals surface area contributed by atoms with Crippen molar-refractivity contribution in [2.45, 2.75) is 5.75 Å². The average molecular weight is 291 g/mol. The third kappa shape index (κ3) is 3.39. The summed E-state index contributed by atoms with van der Waals surface area (Å²) in [4.78, 5) is 22.7. The van der Waals surface area contributed by atoms with E-state index in [0.29, 0.717) is 5.56 Å². The molecule has 2 rings (SSSR count). The Morgan fingerprint density at radius 3 is 2.85 bits per heavy atom. The van der Waals surface area contributed by atoms with Crippen LogP contribution in [0.25, 0.3) is 0 Å².